The molecule has 8 aromatic carbocycles. The van der Waals surface area contributed by atoms with Crippen molar-refractivity contribution in [2.45, 2.75) is 12.8 Å². The van der Waals surface area contributed by atoms with E-state index in [1.807, 2.05) is 0 Å². The monoisotopic (exact) mass is 676 g/mol. The van der Waals surface area contributed by atoms with Crippen LogP contribution in [0.25, 0.3) is 94.2 Å². The van der Waals surface area contributed by atoms with Gasteiger partial charge in [0.2, 0.25) is 0 Å². The summed E-state index contributed by atoms with van der Waals surface area (Å²) in [6.45, 7) is 0. The maximum atomic E-state index is 5.47. The van der Waals surface area contributed by atoms with Crippen molar-refractivity contribution in [3.63, 3.8) is 0 Å². The summed E-state index contributed by atoms with van der Waals surface area (Å²) in [5.41, 5.74) is 11.7. The summed E-state index contributed by atoms with van der Waals surface area (Å²) in [7, 11) is 0. The molecule has 0 atom stereocenters. The van der Waals surface area contributed by atoms with Gasteiger partial charge >= 0.3 is 0 Å². The molecule has 10 rings (SSSR count). The molecular formula is C51H36N2. The molecule has 1 aliphatic carbocycles. The van der Waals surface area contributed by atoms with Crippen LogP contribution in [0.1, 0.15) is 12.8 Å². The Kier molecular flexibility index (Phi) is 7.66. The van der Waals surface area contributed by atoms with Crippen LogP contribution in [0.3, 0.4) is 0 Å². The third-order valence-electron chi connectivity index (χ3n) is 10.7. The van der Waals surface area contributed by atoms with Crippen LogP contribution in [0.5, 0.6) is 0 Å². The van der Waals surface area contributed by atoms with Gasteiger partial charge in [-0.05, 0) is 79.6 Å². The van der Waals surface area contributed by atoms with Crippen molar-refractivity contribution in [1.29, 1.82) is 0 Å². The third-order valence-corrected chi connectivity index (χ3v) is 10.7. The average molecular weight is 677 g/mol. The minimum Gasteiger partial charge on any atom is -0.295 e. The summed E-state index contributed by atoms with van der Waals surface area (Å²) in [5.74, 6) is 0.956. The highest BCUT2D eigenvalue weighted by Crippen LogP contribution is 2.45. The zero-order chi connectivity index (χ0) is 35.1. The number of nitrogens with zero attached hydrogens (tertiary/aromatic N) is 2. The lowest BCUT2D eigenvalue weighted by Gasteiger charge is -2.19. The second-order valence-corrected chi connectivity index (χ2v) is 13.8. The van der Waals surface area contributed by atoms with Crippen molar-refractivity contribution in [2.75, 3.05) is 0 Å². The highest BCUT2D eigenvalue weighted by atomic mass is 15.1. The van der Waals surface area contributed by atoms with E-state index >= 15 is 0 Å². The molecule has 9 aromatic rings. The molecule has 0 radical (unpaired) electrons. The topological polar surface area (TPSA) is 17.8 Å². The first kappa shape index (κ1) is 31.0. The molecular weight excluding hydrogens is 641 g/mol. The number of aromatic nitrogens is 2. The lowest BCUT2D eigenvalue weighted by Crippen LogP contribution is -2.04. The first-order valence-electron chi connectivity index (χ1n) is 18.4. The van der Waals surface area contributed by atoms with E-state index < -0.39 is 0 Å². The number of fused-ring (bicyclic) bond motifs is 3. The number of hydrogen-bond donors (Lipinski definition) is 0. The molecule has 0 N–H and O–H groups in total. The summed E-state index contributed by atoms with van der Waals surface area (Å²) < 4.78 is 2.40. The molecule has 0 spiro atoms. The Labute approximate surface area is 309 Å². The molecule has 2 heteroatoms. The Bertz CT molecular complexity index is 2800. The van der Waals surface area contributed by atoms with Gasteiger partial charge in [0.15, 0.2) is 0 Å². The van der Waals surface area contributed by atoms with Gasteiger partial charge in [-0.2, -0.15) is 0 Å². The normalized spacial score (nSPS) is 12.8. The molecule has 250 valence electrons. The summed E-state index contributed by atoms with van der Waals surface area (Å²) in [6.07, 6.45) is 8.63. The van der Waals surface area contributed by atoms with Crippen LogP contribution in [0.2, 0.25) is 0 Å². The van der Waals surface area contributed by atoms with Gasteiger partial charge in [-0.3, -0.25) is 4.57 Å². The fourth-order valence-electron chi connectivity index (χ4n) is 8.21. The molecule has 0 unspecified atom stereocenters. The number of rotatable bonds is 6. The van der Waals surface area contributed by atoms with Crippen molar-refractivity contribution in [3.8, 4) is 56.2 Å². The molecule has 0 aliphatic heterocycles. The standard InChI is InChI=1S/C51H36N2/c1-4-17-37(18-5-1)49-50(38-19-6-2-7-20-38)53(42-22-8-3-9-23-42)51(52-49)39-31-29-36(30-32-39)47-43-24-12-14-26-45(43)48(46-27-15-13-25-44(46)47)41-33-28-35-16-10-11-21-40(35)34-41/h1-8,10-22,24-34H,9,23H2. The van der Waals surface area contributed by atoms with Crippen LogP contribution in [0.4, 0.5) is 0 Å². The second-order valence-electron chi connectivity index (χ2n) is 13.8. The Morgan fingerprint density at radius 1 is 0.434 bits per heavy atom. The number of allylic oxidation sites excluding steroid dienone is 4. The largest absolute Gasteiger partial charge is 0.295 e. The van der Waals surface area contributed by atoms with E-state index in [0.29, 0.717) is 0 Å². The van der Waals surface area contributed by atoms with Gasteiger partial charge in [0, 0.05) is 22.4 Å². The zero-order valence-corrected chi connectivity index (χ0v) is 29.3. The van der Waals surface area contributed by atoms with Crippen LogP contribution in [0, 0.1) is 0 Å². The maximum Gasteiger partial charge on any atom is 0.145 e. The molecule has 0 saturated carbocycles. The molecule has 53 heavy (non-hydrogen) atoms. The van der Waals surface area contributed by atoms with Gasteiger partial charge in [-0.15, -0.1) is 0 Å². The second kappa shape index (κ2) is 13.1. The smallest absolute Gasteiger partial charge is 0.145 e. The van der Waals surface area contributed by atoms with Crippen molar-refractivity contribution in [1.82, 2.24) is 9.55 Å². The Balaban J connectivity index is 1.17. The molecule has 1 aliphatic rings. The predicted octanol–water partition coefficient (Wildman–Crippen LogP) is 13.9. The molecule has 1 heterocycles. The Morgan fingerprint density at radius 3 is 1.58 bits per heavy atom. The summed E-state index contributed by atoms with van der Waals surface area (Å²) in [6, 6.07) is 63.7. The van der Waals surface area contributed by atoms with E-state index in [1.54, 1.807) is 0 Å². The van der Waals surface area contributed by atoms with E-state index in [2.05, 4.69) is 199 Å². The number of benzene rings is 8. The molecule has 0 saturated heterocycles. The quantitative estimate of drug-likeness (QED) is 0.160. The number of imidazole rings is 1. The number of hydrogen-bond acceptors (Lipinski definition) is 1. The summed E-state index contributed by atoms with van der Waals surface area (Å²) >= 11 is 0. The lowest BCUT2D eigenvalue weighted by atomic mass is 9.85. The fraction of sp³-hybridized carbons (Fsp3) is 0.0392. The van der Waals surface area contributed by atoms with Gasteiger partial charge in [-0.1, -0.05) is 182 Å². The Morgan fingerprint density at radius 2 is 0.962 bits per heavy atom. The van der Waals surface area contributed by atoms with E-state index in [0.717, 1.165) is 46.7 Å². The minimum atomic E-state index is 0.952. The van der Waals surface area contributed by atoms with Crippen LogP contribution in [-0.2, 0) is 0 Å². The molecule has 0 amide bonds. The molecule has 2 nitrogen and oxygen atoms in total. The van der Waals surface area contributed by atoms with Crippen LogP contribution >= 0.6 is 0 Å². The first-order chi connectivity index (χ1) is 26.3. The van der Waals surface area contributed by atoms with Crippen LogP contribution in [-0.4, -0.2) is 9.55 Å². The van der Waals surface area contributed by atoms with Crippen molar-refractivity contribution < 1.29 is 0 Å². The predicted molar refractivity (Wildman–Crippen MR) is 225 cm³/mol. The van der Waals surface area contributed by atoms with E-state index in [9.17, 15) is 0 Å². The first-order valence-corrected chi connectivity index (χ1v) is 18.4. The van der Waals surface area contributed by atoms with Gasteiger partial charge in [0.25, 0.3) is 0 Å². The Hall–Kier alpha value is -6.77. The van der Waals surface area contributed by atoms with Crippen molar-refractivity contribution in [2.24, 2.45) is 0 Å². The van der Waals surface area contributed by atoms with Gasteiger partial charge in [-0.25, -0.2) is 4.98 Å². The van der Waals surface area contributed by atoms with E-state index in [1.165, 1.54) is 60.3 Å². The fourth-order valence-corrected chi connectivity index (χ4v) is 8.21. The van der Waals surface area contributed by atoms with Crippen molar-refractivity contribution in [3.05, 3.63) is 194 Å². The van der Waals surface area contributed by atoms with E-state index in [4.69, 9.17) is 4.98 Å². The summed E-state index contributed by atoms with van der Waals surface area (Å²) in [5, 5.41) is 7.52. The molecule has 1 aromatic heterocycles. The highest BCUT2D eigenvalue weighted by Gasteiger charge is 2.24. The van der Waals surface area contributed by atoms with Crippen molar-refractivity contribution >= 4 is 38.0 Å². The molecule has 0 bridgehead atoms. The average Bonchev–Trinajstić information content (AvgIpc) is 3.64. The summed E-state index contributed by atoms with van der Waals surface area (Å²) in [4.78, 5) is 5.47. The van der Waals surface area contributed by atoms with Gasteiger partial charge in [0.1, 0.15) is 5.82 Å². The van der Waals surface area contributed by atoms with Crippen LogP contribution < -0.4 is 0 Å². The minimum absolute atomic E-state index is 0.952. The van der Waals surface area contributed by atoms with Gasteiger partial charge < -0.3 is 0 Å². The maximum absolute atomic E-state index is 5.47. The zero-order valence-electron chi connectivity index (χ0n) is 29.3. The third kappa shape index (κ3) is 5.39. The van der Waals surface area contributed by atoms with E-state index in [-0.39, 0.29) is 0 Å². The van der Waals surface area contributed by atoms with Gasteiger partial charge in [0.05, 0.1) is 11.4 Å². The SMILES string of the molecule is C1=CCCC(n2c(-c3ccc(-c4c5ccccc5c(-c5ccc6ccccc6c5)c5ccccc45)cc3)nc(-c3ccccc3)c2-c2ccccc2)=C1. The highest BCUT2D eigenvalue weighted by molar-refractivity contribution is 6.21. The molecule has 0 fully saturated rings. The lowest BCUT2D eigenvalue weighted by molar-refractivity contribution is 0.948. The van der Waals surface area contributed by atoms with Crippen LogP contribution in [0.15, 0.2) is 194 Å².